The minimum absolute atomic E-state index is 0.158. The number of aromatic nitrogens is 4. The van der Waals surface area contributed by atoms with Crippen molar-refractivity contribution in [2.45, 2.75) is 19.4 Å². The van der Waals surface area contributed by atoms with E-state index in [1.54, 1.807) is 24.0 Å². The highest BCUT2D eigenvalue weighted by molar-refractivity contribution is 7.22. The molecule has 0 fully saturated rings. The summed E-state index contributed by atoms with van der Waals surface area (Å²) in [6, 6.07) is 8.60. The zero-order chi connectivity index (χ0) is 23.7. The van der Waals surface area contributed by atoms with Gasteiger partial charge in [0.25, 0.3) is 5.91 Å². The number of alkyl halides is 2. The molecule has 1 unspecified atom stereocenters. The maximum Gasteiger partial charge on any atom is 0.317 e. The standard InChI is InChI=1S/C20H16F3N7O2S/c1-9(12-4-2-11(6-13(12)21)18(31)27-28-19(32)17(22)23)30-8-15(26-29-30)10-3-5-14-16(7-10)33-20(24)25-14/h2-9,17H,1H3,(H2,24,25)(H,27,31)(H,28,32). The third-order valence-corrected chi connectivity index (χ3v) is 5.67. The van der Waals surface area contributed by atoms with Gasteiger partial charge in [-0.05, 0) is 31.2 Å². The predicted molar refractivity (Wildman–Crippen MR) is 115 cm³/mol. The molecule has 0 aliphatic rings. The number of nitrogens with one attached hydrogen (secondary N) is 2. The number of carbonyl (C=O) groups excluding carboxylic acids is 2. The molecule has 2 amide bonds. The number of halogens is 3. The lowest BCUT2D eigenvalue weighted by Gasteiger charge is -2.14. The number of rotatable bonds is 5. The van der Waals surface area contributed by atoms with Crippen LogP contribution in [-0.4, -0.2) is 38.2 Å². The lowest BCUT2D eigenvalue weighted by molar-refractivity contribution is -0.132. The molecule has 170 valence electrons. The van der Waals surface area contributed by atoms with E-state index >= 15 is 0 Å². The Bertz CT molecular complexity index is 1350. The van der Waals surface area contributed by atoms with Crippen LogP contribution in [0.4, 0.5) is 18.3 Å². The Balaban J connectivity index is 1.51. The maximum absolute atomic E-state index is 14.7. The van der Waals surface area contributed by atoms with E-state index in [4.69, 9.17) is 5.73 Å². The number of amides is 2. The number of hydrazine groups is 1. The largest absolute Gasteiger partial charge is 0.375 e. The first kappa shape index (κ1) is 22.2. The number of nitrogens with two attached hydrogens (primary N) is 1. The first-order chi connectivity index (χ1) is 15.7. The van der Waals surface area contributed by atoms with E-state index in [-0.39, 0.29) is 11.1 Å². The maximum atomic E-state index is 14.7. The van der Waals surface area contributed by atoms with Gasteiger partial charge in [-0.25, -0.2) is 14.1 Å². The molecule has 0 saturated carbocycles. The highest BCUT2D eigenvalue weighted by atomic mass is 32.1. The van der Waals surface area contributed by atoms with E-state index in [1.807, 2.05) is 18.2 Å². The molecule has 1 atom stereocenters. The first-order valence-electron chi connectivity index (χ1n) is 9.49. The van der Waals surface area contributed by atoms with Crippen molar-refractivity contribution in [3.05, 3.63) is 59.5 Å². The molecule has 2 heterocycles. The molecule has 13 heteroatoms. The highest BCUT2D eigenvalue weighted by Crippen LogP contribution is 2.29. The molecule has 4 N–H and O–H groups in total. The van der Waals surface area contributed by atoms with Crippen LogP contribution in [0.2, 0.25) is 0 Å². The van der Waals surface area contributed by atoms with E-state index in [0.29, 0.717) is 10.8 Å². The normalized spacial score (nSPS) is 12.2. The number of benzene rings is 2. The lowest BCUT2D eigenvalue weighted by atomic mass is 10.0. The van der Waals surface area contributed by atoms with Crippen molar-refractivity contribution < 1.29 is 22.8 Å². The molecule has 0 spiro atoms. The van der Waals surface area contributed by atoms with Crippen molar-refractivity contribution in [2.24, 2.45) is 0 Å². The predicted octanol–water partition coefficient (Wildman–Crippen LogP) is 2.91. The Hall–Kier alpha value is -4.00. The van der Waals surface area contributed by atoms with Gasteiger partial charge in [0, 0.05) is 16.7 Å². The summed E-state index contributed by atoms with van der Waals surface area (Å²) in [7, 11) is 0. The second-order valence-electron chi connectivity index (χ2n) is 6.97. The van der Waals surface area contributed by atoms with Crippen LogP contribution >= 0.6 is 11.3 Å². The van der Waals surface area contributed by atoms with Crippen LogP contribution in [0, 0.1) is 5.82 Å². The fourth-order valence-electron chi connectivity index (χ4n) is 3.09. The van der Waals surface area contributed by atoms with Crippen molar-refractivity contribution in [1.29, 1.82) is 0 Å². The topological polar surface area (TPSA) is 128 Å². The highest BCUT2D eigenvalue weighted by Gasteiger charge is 2.19. The van der Waals surface area contributed by atoms with Crippen LogP contribution in [0.25, 0.3) is 21.5 Å². The van der Waals surface area contributed by atoms with Crippen molar-refractivity contribution in [3.8, 4) is 11.3 Å². The Kier molecular flexibility index (Phi) is 5.96. The van der Waals surface area contributed by atoms with Crippen LogP contribution in [0.5, 0.6) is 0 Å². The van der Waals surface area contributed by atoms with E-state index in [9.17, 15) is 22.8 Å². The van der Waals surface area contributed by atoms with Crippen LogP contribution in [-0.2, 0) is 4.79 Å². The van der Waals surface area contributed by atoms with Gasteiger partial charge >= 0.3 is 12.3 Å². The van der Waals surface area contributed by atoms with Gasteiger partial charge in [0.15, 0.2) is 5.13 Å². The molecule has 2 aromatic heterocycles. The summed E-state index contributed by atoms with van der Waals surface area (Å²) >= 11 is 1.35. The summed E-state index contributed by atoms with van der Waals surface area (Å²) in [5.74, 6) is -3.33. The molecule has 9 nitrogen and oxygen atoms in total. The third kappa shape index (κ3) is 4.62. The van der Waals surface area contributed by atoms with Crippen molar-refractivity contribution in [2.75, 3.05) is 5.73 Å². The molecule has 0 aliphatic carbocycles. The average molecular weight is 475 g/mol. The van der Waals surface area contributed by atoms with Gasteiger partial charge in [-0.15, -0.1) is 5.10 Å². The molecule has 4 aromatic rings. The average Bonchev–Trinajstić information content (AvgIpc) is 3.42. The fraction of sp³-hybridized carbons (Fsp3) is 0.150. The van der Waals surface area contributed by atoms with E-state index in [1.165, 1.54) is 28.2 Å². The Morgan fingerprint density at radius 2 is 1.94 bits per heavy atom. The van der Waals surface area contributed by atoms with Gasteiger partial charge in [0.2, 0.25) is 0 Å². The molecule has 0 aliphatic heterocycles. The summed E-state index contributed by atoms with van der Waals surface area (Å²) in [6.45, 7) is 1.70. The van der Waals surface area contributed by atoms with E-state index in [0.717, 1.165) is 21.8 Å². The summed E-state index contributed by atoms with van der Waals surface area (Å²) in [5.41, 5.74) is 11.3. The SMILES string of the molecule is CC(c1ccc(C(=O)NNC(=O)C(F)F)cc1F)n1cc(-c2ccc3nc(N)sc3c2)nn1. The minimum atomic E-state index is -3.29. The van der Waals surface area contributed by atoms with Gasteiger partial charge < -0.3 is 5.73 Å². The molecular weight excluding hydrogens is 459 g/mol. The second-order valence-corrected chi connectivity index (χ2v) is 8.04. The summed E-state index contributed by atoms with van der Waals surface area (Å²) < 4.78 is 41.5. The van der Waals surface area contributed by atoms with Crippen molar-refractivity contribution in [3.63, 3.8) is 0 Å². The van der Waals surface area contributed by atoms with Gasteiger partial charge in [0.1, 0.15) is 11.5 Å². The van der Waals surface area contributed by atoms with E-state index < -0.39 is 30.1 Å². The number of hydrogen-bond acceptors (Lipinski definition) is 7. The quantitative estimate of drug-likeness (QED) is 0.381. The molecule has 0 radical (unpaired) electrons. The summed E-state index contributed by atoms with van der Waals surface area (Å²) in [5, 5.41) is 8.70. The van der Waals surface area contributed by atoms with Crippen LogP contribution in [0.15, 0.2) is 42.6 Å². The fourth-order valence-corrected chi connectivity index (χ4v) is 3.87. The van der Waals surface area contributed by atoms with Crippen LogP contribution < -0.4 is 16.6 Å². The number of carbonyl (C=O) groups is 2. The van der Waals surface area contributed by atoms with Crippen LogP contribution in [0.3, 0.4) is 0 Å². The molecular formula is C20H16F3N7O2S. The van der Waals surface area contributed by atoms with Gasteiger partial charge in [-0.1, -0.05) is 28.7 Å². The number of anilines is 1. The molecule has 0 saturated heterocycles. The Labute approximate surface area is 188 Å². The number of hydrogen-bond donors (Lipinski definition) is 3. The van der Waals surface area contributed by atoms with Gasteiger partial charge in [-0.2, -0.15) is 8.78 Å². The zero-order valence-corrected chi connectivity index (χ0v) is 17.7. The van der Waals surface area contributed by atoms with E-state index in [2.05, 4.69) is 15.3 Å². The number of thiazole rings is 1. The molecule has 2 aromatic carbocycles. The molecule has 0 bridgehead atoms. The van der Waals surface area contributed by atoms with Crippen molar-refractivity contribution >= 4 is 38.5 Å². The van der Waals surface area contributed by atoms with Gasteiger partial charge in [0.05, 0.1) is 22.5 Å². The number of nitrogens with zero attached hydrogens (tertiary/aromatic N) is 4. The minimum Gasteiger partial charge on any atom is -0.375 e. The lowest BCUT2D eigenvalue weighted by Crippen LogP contribution is -2.44. The number of fused-ring (bicyclic) bond motifs is 1. The summed E-state index contributed by atoms with van der Waals surface area (Å²) in [4.78, 5) is 27.0. The van der Waals surface area contributed by atoms with Gasteiger partial charge in [-0.3, -0.25) is 20.4 Å². The first-order valence-corrected chi connectivity index (χ1v) is 10.3. The smallest absolute Gasteiger partial charge is 0.317 e. The van der Waals surface area contributed by atoms with Crippen LogP contribution in [0.1, 0.15) is 28.9 Å². The monoisotopic (exact) mass is 475 g/mol. The molecule has 4 rings (SSSR count). The van der Waals surface area contributed by atoms with Crippen molar-refractivity contribution in [1.82, 2.24) is 30.8 Å². The molecule has 33 heavy (non-hydrogen) atoms. The third-order valence-electron chi connectivity index (χ3n) is 4.82. The summed E-state index contributed by atoms with van der Waals surface area (Å²) in [6.07, 6.45) is -1.63. The number of nitrogen functional groups attached to an aromatic ring is 1. The zero-order valence-electron chi connectivity index (χ0n) is 16.9. The second kappa shape index (κ2) is 8.86. The Morgan fingerprint density at radius 1 is 1.15 bits per heavy atom. The Morgan fingerprint density at radius 3 is 2.67 bits per heavy atom.